The fraction of sp³-hybridized carbons (Fsp3) is 0.571. The minimum Gasteiger partial charge on any atom is -0.358 e. The van der Waals surface area contributed by atoms with Gasteiger partial charge in [-0.2, -0.15) is 0 Å². The van der Waals surface area contributed by atoms with Crippen molar-refractivity contribution in [3.8, 4) is 0 Å². The number of rotatable bonds is 4. The molecule has 4 heteroatoms. The average Bonchev–Trinajstić information content (AvgIpc) is 2.26. The van der Waals surface area contributed by atoms with Crippen molar-refractivity contribution in [3.05, 3.63) is 28.6 Å². The number of hydrogen-bond donors (Lipinski definition) is 2. The second-order valence-corrected chi connectivity index (χ2v) is 4.80. The van der Waals surface area contributed by atoms with Crippen molar-refractivity contribution in [2.75, 3.05) is 7.05 Å². The molecule has 2 unspecified atom stereocenters. The molecule has 1 amide bonds. The molecule has 0 aromatic carbocycles. The monoisotopic (exact) mass is 249 g/mol. The van der Waals surface area contributed by atoms with E-state index in [-0.39, 0.29) is 18.0 Å². The molecule has 0 aliphatic heterocycles. The highest BCUT2D eigenvalue weighted by atomic mass is 16.2. The Labute approximate surface area is 109 Å². The molecule has 0 aliphatic carbocycles. The van der Waals surface area contributed by atoms with Gasteiger partial charge in [-0.15, -0.1) is 0 Å². The molecule has 0 saturated heterocycles. The van der Waals surface area contributed by atoms with E-state index in [4.69, 9.17) is 0 Å². The predicted octanol–water partition coefficient (Wildman–Crippen LogP) is 1.79. The summed E-state index contributed by atoms with van der Waals surface area (Å²) in [5, 5.41) is 5.94. The third-order valence-electron chi connectivity index (χ3n) is 3.16. The zero-order valence-electron chi connectivity index (χ0n) is 12.1. The lowest BCUT2D eigenvalue weighted by molar-refractivity contribution is -0.122. The van der Waals surface area contributed by atoms with Crippen LogP contribution in [0.15, 0.2) is 6.07 Å². The Morgan fingerprint density at radius 2 is 1.89 bits per heavy atom. The molecule has 1 rings (SSSR count). The maximum atomic E-state index is 11.5. The SMILES string of the molecule is CNC(=O)C(C)NC(C)c1c(C)cc(C)nc1C. The molecule has 0 spiro atoms. The molecular formula is C14H23N3O. The molecule has 4 nitrogen and oxygen atoms in total. The quantitative estimate of drug-likeness (QED) is 0.855. The molecule has 1 aromatic rings. The molecule has 0 saturated carbocycles. The molecule has 2 N–H and O–H groups in total. The summed E-state index contributed by atoms with van der Waals surface area (Å²) in [6, 6.07) is 1.96. The lowest BCUT2D eigenvalue weighted by atomic mass is 10.00. The van der Waals surface area contributed by atoms with Gasteiger partial charge in [0.1, 0.15) is 0 Å². The van der Waals surface area contributed by atoms with Crippen LogP contribution in [0.25, 0.3) is 0 Å². The van der Waals surface area contributed by atoms with Gasteiger partial charge < -0.3 is 5.32 Å². The van der Waals surface area contributed by atoms with Crippen LogP contribution in [-0.2, 0) is 4.79 Å². The molecular weight excluding hydrogens is 226 g/mol. The number of pyridine rings is 1. The summed E-state index contributed by atoms with van der Waals surface area (Å²) in [5.74, 6) is -0.00257. The number of aryl methyl sites for hydroxylation is 3. The molecule has 0 fully saturated rings. The van der Waals surface area contributed by atoms with E-state index in [2.05, 4.69) is 35.5 Å². The Morgan fingerprint density at radius 3 is 2.39 bits per heavy atom. The van der Waals surface area contributed by atoms with Gasteiger partial charge in [-0.25, -0.2) is 0 Å². The highest BCUT2D eigenvalue weighted by Crippen LogP contribution is 2.21. The van der Waals surface area contributed by atoms with E-state index in [1.807, 2.05) is 20.8 Å². The highest BCUT2D eigenvalue weighted by Gasteiger charge is 2.18. The van der Waals surface area contributed by atoms with Crippen molar-refractivity contribution in [2.45, 2.75) is 46.7 Å². The van der Waals surface area contributed by atoms with Gasteiger partial charge in [0.15, 0.2) is 0 Å². The van der Waals surface area contributed by atoms with Gasteiger partial charge in [0.25, 0.3) is 0 Å². The molecule has 100 valence electrons. The predicted molar refractivity (Wildman–Crippen MR) is 73.5 cm³/mol. The van der Waals surface area contributed by atoms with E-state index in [1.54, 1.807) is 7.05 Å². The van der Waals surface area contributed by atoms with Crippen molar-refractivity contribution < 1.29 is 4.79 Å². The number of likely N-dealkylation sites (N-methyl/N-ethyl adjacent to an activating group) is 1. The third kappa shape index (κ3) is 3.29. The summed E-state index contributed by atoms with van der Waals surface area (Å²) in [7, 11) is 1.65. The summed E-state index contributed by atoms with van der Waals surface area (Å²) < 4.78 is 0. The Morgan fingerprint density at radius 1 is 1.28 bits per heavy atom. The van der Waals surface area contributed by atoms with Crippen LogP contribution in [0.3, 0.4) is 0 Å². The average molecular weight is 249 g/mol. The lowest BCUT2D eigenvalue weighted by Crippen LogP contribution is -2.42. The first kappa shape index (κ1) is 14.6. The van der Waals surface area contributed by atoms with E-state index in [0.717, 1.165) is 11.4 Å². The van der Waals surface area contributed by atoms with Gasteiger partial charge >= 0.3 is 0 Å². The standard InChI is InChI=1S/C14H23N3O/c1-8-7-9(2)16-10(3)13(8)11(4)17-12(5)14(18)15-6/h7,11-12,17H,1-6H3,(H,15,18). The van der Waals surface area contributed by atoms with Crippen LogP contribution in [0.2, 0.25) is 0 Å². The number of hydrogen-bond acceptors (Lipinski definition) is 3. The van der Waals surface area contributed by atoms with Crippen molar-refractivity contribution in [2.24, 2.45) is 0 Å². The van der Waals surface area contributed by atoms with Gasteiger partial charge in [-0.1, -0.05) is 0 Å². The molecule has 0 aliphatic rings. The fourth-order valence-electron chi connectivity index (χ4n) is 2.44. The Balaban J connectivity index is 2.91. The van der Waals surface area contributed by atoms with Crippen LogP contribution < -0.4 is 10.6 Å². The topological polar surface area (TPSA) is 54.0 Å². The molecule has 18 heavy (non-hydrogen) atoms. The summed E-state index contributed by atoms with van der Waals surface area (Å²) in [5.41, 5.74) is 4.44. The number of nitrogens with zero attached hydrogens (tertiary/aromatic N) is 1. The Hall–Kier alpha value is -1.42. The van der Waals surface area contributed by atoms with Crippen LogP contribution in [-0.4, -0.2) is 24.0 Å². The van der Waals surface area contributed by atoms with Crippen LogP contribution in [0.4, 0.5) is 0 Å². The van der Waals surface area contributed by atoms with Gasteiger partial charge in [-0.3, -0.25) is 15.1 Å². The largest absolute Gasteiger partial charge is 0.358 e. The van der Waals surface area contributed by atoms with E-state index < -0.39 is 0 Å². The Bertz CT molecular complexity index is 420. The number of amides is 1. The highest BCUT2D eigenvalue weighted by molar-refractivity contribution is 5.81. The number of carbonyl (C=O) groups is 1. The van der Waals surface area contributed by atoms with Crippen LogP contribution in [0.1, 0.15) is 42.4 Å². The van der Waals surface area contributed by atoms with E-state index in [1.165, 1.54) is 11.1 Å². The first-order valence-electron chi connectivity index (χ1n) is 6.29. The summed E-state index contributed by atoms with van der Waals surface area (Å²) >= 11 is 0. The summed E-state index contributed by atoms with van der Waals surface area (Å²) in [6.07, 6.45) is 0. The number of aromatic nitrogens is 1. The van der Waals surface area contributed by atoms with Gasteiger partial charge in [-0.05, 0) is 51.8 Å². The minimum atomic E-state index is -0.217. The molecule has 0 bridgehead atoms. The zero-order valence-corrected chi connectivity index (χ0v) is 12.1. The van der Waals surface area contributed by atoms with E-state index >= 15 is 0 Å². The third-order valence-corrected chi connectivity index (χ3v) is 3.16. The van der Waals surface area contributed by atoms with Crippen molar-refractivity contribution in [1.29, 1.82) is 0 Å². The zero-order chi connectivity index (χ0) is 13.9. The number of carbonyl (C=O) groups excluding carboxylic acids is 1. The van der Waals surface area contributed by atoms with Crippen LogP contribution in [0.5, 0.6) is 0 Å². The lowest BCUT2D eigenvalue weighted by Gasteiger charge is -2.22. The molecule has 1 heterocycles. The second kappa shape index (κ2) is 5.96. The number of nitrogens with one attached hydrogen (secondary N) is 2. The van der Waals surface area contributed by atoms with Gasteiger partial charge in [0.05, 0.1) is 6.04 Å². The Kier molecular flexibility index (Phi) is 4.84. The van der Waals surface area contributed by atoms with Crippen LogP contribution >= 0.6 is 0 Å². The molecule has 2 atom stereocenters. The normalized spacial score (nSPS) is 14.1. The van der Waals surface area contributed by atoms with E-state index in [0.29, 0.717) is 0 Å². The molecule has 1 aromatic heterocycles. The first-order valence-corrected chi connectivity index (χ1v) is 6.29. The van der Waals surface area contributed by atoms with Crippen LogP contribution in [0, 0.1) is 20.8 Å². The smallest absolute Gasteiger partial charge is 0.236 e. The summed E-state index contributed by atoms with van der Waals surface area (Å²) in [4.78, 5) is 16.0. The maximum Gasteiger partial charge on any atom is 0.236 e. The maximum absolute atomic E-state index is 11.5. The molecule has 0 radical (unpaired) electrons. The first-order chi connectivity index (χ1) is 8.36. The van der Waals surface area contributed by atoms with Crippen molar-refractivity contribution in [3.63, 3.8) is 0 Å². The minimum absolute atomic E-state index is 0.00257. The van der Waals surface area contributed by atoms with Crippen molar-refractivity contribution in [1.82, 2.24) is 15.6 Å². The van der Waals surface area contributed by atoms with Gasteiger partial charge in [0, 0.05) is 24.5 Å². The van der Waals surface area contributed by atoms with Crippen molar-refractivity contribution >= 4 is 5.91 Å². The fourth-order valence-corrected chi connectivity index (χ4v) is 2.44. The second-order valence-electron chi connectivity index (χ2n) is 4.80. The summed E-state index contributed by atoms with van der Waals surface area (Å²) in [6.45, 7) is 10.0. The van der Waals surface area contributed by atoms with Gasteiger partial charge in [0.2, 0.25) is 5.91 Å². The van der Waals surface area contributed by atoms with E-state index in [9.17, 15) is 4.79 Å².